The minimum atomic E-state index is 0.732. The van der Waals surface area contributed by atoms with Gasteiger partial charge in [0.15, 0.2) is 5.65 Å². The molecule has 1 saturated heterocycles. The van der Waals surface area contributed by atoms with Crippen molar-refractivity contribution in [2.75, 3.05) is 25.0 Å². The van der Waals surface area contributed by atoms with Crippen LogP contribution in [0.3, 0.4) is 0 Å². The fourth-order valence-electron chi connectivity index (χ4n) is 3.08. The van der Waals surface area contributed by atoms with Crippen molar-refractivity contribution >= 4 is 11.6 Å². The maximum atomic E-state index is 4.50. The van der Waals surface area contributed by atoms with Crippen LogP contribution >= 0.6 is 0 Å². The van der Waals surface area contributed by atoms with Crippen LogP contribution in [0.15, 0.2) is 18.2 Å². The molecule has 1 atom stereocenters. The summed E-state index contributed by atoms with van der Waals surface area (Å²) >= 11 is 0. The van der Waals surface area contributed by atoms with Crippen LogP contribution in [0.25, 0.3) is 5.65 Å². The number of rotatable bonds is 5. The van der Waals surface area contributed by atoms with Crippen molar-refractivity contribution in [2.45, 2.75) is 45.6 Å². The standard InChI is InChI=1S/C16H25N5/c1-13-7-3-4-11-20(13)12-6-10-17-16-18-15-9-5-8-14(2)21(15)19-16/h5,8-9,13H,3-4,6-7,10-12H2,1-2H3,(H,17,19). The predicted octanol–water partition coefficient (Wildman–Crippen LogP) is 2.71. The lowest BCUT2D eigenvalue weighted by Crippen LogP contribution is -2.38. The number of pyridine rings is 1. The van der Waals surface area contributed by atoms with Crippen LogP contribution < -0.4 is 5.32 Å². The summed E-state index contributed by atoms with van der Waals surface area (Å²) in [6.07, 6.45) is 5.23. The molecule has 2 aromatic rings. The van der Waals surface area contributed by atoms with Crippen LogP contribution in [0, 0.1) is 6.92 Å². The number of aryl methyl sites for hydroxylation is 1. The number of fused-ring (bicyclic) bond motifs is 1. The van der Waals surface area contributed by atoms with Gasteiger partial charge in [-0.1, -0.05) is 12.5 Å². The van der Waals surface area contributed by atoms with Gasteiger partial charge in [-0.05, 0) is 51.8 Å². The van der Waals surface area contributed by atoms with Crippen molar-refractivity contribution in [2.24, 2.45) is 0 Å². The first-order valence-electron chi connectivity index (χ1n) is 8.04. The molecule has 1 N–H and O–H groups in total. The van der Waals surface area contributed by atoms with Crippen LogP contribution in [0.5, 0.6) is 0 Å². The lowest BCUT2D eigenvalue weighted by atomic mass is 10.0. The molecule has 0 spiro atoms. The molecule has 0 aliphatic carbocycles. The summed E-state index contributed by atoms with van der Waals surface area (Å²) in [6.45, 7) is 7.74. The Kier molecular flexibility index (Phi) is 4.39. The minimum Gasteiger partial charge on any atom is -0.353 e. The molecule has 0 saturated carbocycles. The molecule has 0 amide bonds. The molecule has 0 aromatic carbocycles. The summed E-state index contributed by atoms with van der Waals surface area (Å²) in [4.78, 5) is 7.10. The Bertz CT molecular complexity index is 591. The normalized spacial score (nSPS) is 20.0. The Hall–Kier alpha value is -1.62. The first-order chi connectivity index (χ1) is 10.2. The molecule has 3 heterocycles. The van der Waals surface area contributed by atoms with Crippen LogP contribution in [0.1, 0.15) is 38.3 Å². The summed E-state index contributed by atoms with van der Waals surface area (Å²) in [7, 11) is 0. The molecule has 2 aromatic heterocycles. The summed E-state index contributed by atoms with van der Waals surface area (Å²) in [5, 5.41) is 7.84. The van der Waals surface area contributed by atoms with Crippen LogP contribution in [0.4, 0.5) is 5.95 Å². The number of anilines is 1. The van der Waals surface area contributed by atoms with Crippen LogP contribution in [-0.4, -0.2) is 45.2 Å². The lowest BCUT2D eigenvalue weighted by Gasteiger charge is -2.33. The SMILES string of the molecule is Cc1cccc2nc(NCCCN3CCCCC3C)nn12. The van der Waals surface area contributed by atoms with Crippen molar-refractivity contribution in [3.8, 4) is 0 Å². The molecule has 3 rings (SSSR count). The van der Waals surface area contributed by atoms with E-state index < -0.39 is 0 Å². The second kappa shape index (κ2) is 6.43. The van der Waals surface area contributed by atoms with E-state index in [0.717, 1.165) is 36.3 Å². The first kappa shape index (κ1) is 14.3. The number of nitrogens with one attached hydrogen (secondary N) is 1. The molecule has 1 fully saturated rings. The minimum absolute atomic E-state index is 0.732. The van der Waals surface area contributed by atoms with Gasteiger partial charge in [-0.25, -0.2) is 4.52 Å². The van der Waals surface area contributed by atoms with Crippen molar-refractivity contribution < 1.29 is 0 Å². The van der Waals surface area contributed by atoms with Gasteiger partial charge in [-0.2, -0.15) is 4.98 Å². The van der Waals surface area contributed by atoms with Crippen molar-refractivity contribution in [3.05, 3.63) is 23.9 Å². The highest BCUT2D eigenvalue weighted by Gasteiger charge is 2.17. The van der Waals surface area contributed by atoms with Gasteiger partial charge in [-0.15, -0.1) is 5.10 Å². The molecular weight excluding hydrogens is 262 g/mol. The molecule has 5 heteroatoms. The van der Waals surface area contributed by atoms with Gasteiger partial charge in [0.25, 0.3) is 0 Å². The highest BCUT2D eigenvalue weighted by molar-refractivity contribution is 5.44. The molecule has 21 heavy (non-hydrogen) atoms. The summed E-state index contributed by atoms with van der Waals surface area (Å²) in [5.74, 6) is 0.732. The van der Waals surface area contributed by atoms with Crippen LogP contribution in [0.2, 0.25) is 0 Å². The fourth-order valence-corrected chi connectivity index (χ4v) is 3.08. The van der Waals surface area contributed by atoms with Gasteiger partial charge in [-0.3, -0.25) is 0 Å². The highest BCUT2D eigenvalue weighted by atomic mass is 15.3. The van der Waals surface area contributed by atoms with Crippen molar-refractivity contribution in [1.29, 1.82) is 0 Å². The fraction of sp³-hybridized carbons (Fsp3) is 0.625. The molecule has 0 bridgehead atoms. The van der Waals surface area contributed by atoms with E-state index in [2.05, 4.69) is 27.2 Å². The van der Waals surface area contributed by atoms with Gasteiger partial charge in [0.1, 0.15) is 0 Å². The second-order valence-corrected chi connectivity index (χ2v) is 6.03. The van der Waals surface area contributed by atoms with Crippen molar-refractivity contribution in [1.82, 2.24) is 19.5 Å². The van der Waals surface area contributed by atoms with Crippen LogP contribution in [-0.2, 0) is 0 Å². The quantitative estimate of drug-likeness (QED) is 0.859. The Morgan fingerprint density at radius 3 is 3.05 bits per heavy atom. The van der Waals surface area contributed by atoms with Gasteiger partial charge in [0.05, 0.1) is 0 Å². The molecule has 114 valence electrons. The molecule has 1 aliphatic heterocycles. The van der Waals surface area contributed by atoms with E-state index in [1.807, 2.05) is 29.6 Å². The van der Waals surface area contributed by atoms with E-state index in [1.165, 1.54) is 32.4 Å². The maximum absolute atomic E-state index is 4.50. The molecule has 1 unspecified atom stereocenters. The molecular formula is C16H25N5. The predicted molar refractivity (Wildman–Crippen MR) is 85.7 cm³/mol. The third kappa shape index (κ3) is 3.35. The van der Waals surface area contributed by atoms with Gasteiger partial charge in [0.2, 0.25) is 5.95 Å². The number of likely N-dealkylation sites (tertiary alicyclic amines) is 1. The van der Waals surface area contributed by atoms with Gasteiger partial charge < -0.3 is 10.2 Å². The average Bonchev–Trinajstić information content (AvgIpc) is 2.90. The molecule has 1 aliphatic rings. The van der Waals surface area contributed by atoms with E-state index >= 15 is 0 Å². The Morgan fingerprint density at radius 1 is 1.33 bits per heavy atom. The maximum Gasteiger partial charge on any atom is 0.243 e. The monoisotopic (exact) mass is 287 g/mol. The lowest BCUT2D eigenvalue weighted by molar-refractivity contribution is 0.160. The first-order valence-corrected chi connectivity index (χ1v) is 8.04. The average molecular weight is 287 g/mol. The number of hydrogen-bond acceptors (Lipinski definition) is 4. The van der Waals surface area contributed by atoms with E-state index in [0.29, 0.717) is 0 Å². The summed E-state index contributed by atoms with van der Waals surface area (Å²) in [5.41, 5.74) is 2.01. The van der Waals surface area contributed by atoms with Crippen molar-refractivity contribution in [3.63, 3.8) is 0 Å². The van der Waals surface area contributed by atoms with E-state index in [-0.39, 0.29) is 0 Å². The summed E-state index contributed by atoms with van der Waals surface area (Å²) < 4.78 is 1.88. The highest BCUT2D eigenvalue weighted by Crippen LogP contribution is 2.16. The summed E-state index contributed by atoms with van der Waals surface area (Å²) in [6, 6.07) is 6.79. The Labute approximate surface area is 126 Å². The van der Waals surface area contributed by atoms with E-state index in [4.69, 9.17) is 0 Å². The van der Waals surface area contributed by atoms with Gasteiger partial charge >= 0.3 is 0 Å². The zero-order chi connectivity index (χ0) is 14.7. The molecule has 5 nitrogen and oxygen atoms in total. The zero-order valence-corrected chi connectivity index (χ0v) is 13.0. The van der Waals surface area contributed by atoms with E-state index in [9.17, 15) is 0 Å². The number of aromatic nitrogens is 3. The molecule has 0 radical (unpaired) electrons. The number of nitrogens with zero attached hydrogens (tertiary/aromatic N) is 4. The second-order valence-electron chi connectivity index (χ2n) is 6.03. The topological polar surface area (TPSA) is 45.5 Å². The van der Waals surface area contributed by atoms with Gasteiger partial charge in [0, 0.05) is 24.8 Å². The smallest absolute Gasteiger partial charge is 0.243 e. The number of piperidine rings is 1. The van der Waals surface area contributed by atoms with E-state index in [1.54, 1.807) is 0 Å². The Morgan fingerprint density at radius 2 is 2.24 bits per heavy atom. The number of hydrogen-bond donors (Lipinski definition) is 1. The Balaban J connectivity index is 1.49. The zero-order valence-electron chi connectivity index (χ0n) is 13.0. The third-order valence-electron chi connectivity index (χ3n) is 4.39. The largest absolute Gasteiger partial charge is 0.353 e. The third-order valence-corrected chi connectivity index (χ3v) is 4.39.